The molecule has 2 atom stereocenters. The van der Waals surface area contributed by atoms with E-state index in [0.717, 1.165) is 30.5 Å². The Bertz CT molecular complexity index is 380. The number of fused-ring (bicyclic) bond motifs is 1. The van der Waals surface area contributed by atoms with Crippen molar-refractivity contribution in [2.24, 2.45) is 0 Å². The van der Waals surface area contributed by atoms with Crippen LogP contribution in [0.3, 0.4) is 0 Å². The number of rotatable bonds is 5. The molecule has 0 bridgehead atoms. The normalized spacial score (nSPS) is 19.8. The minimum absolute atomic E-state index is 0.296. The van der Waals surface area contributed by atoms with Crippen LogP contribution in [0.15, 0.2) is 18.2 Å². The van der Waals surface area contributed by atoms with Gasteiger partial charge in [-0.3, -0.25) is 0 Å². The smallest absolute Gasteiger partial charge is 0.123 e. The van der Waals surface area contributed by atoms with Gasteiger partial charge >= 0.3 is 0 Å². The monoisotopic (exact) mass is 297 g/mol. The van der Waals surface area contributed by atoms with E-state index in [4.69, 9.17) is 4.74 Å². The highest BCUT2D eigenvalue weighted by molar-refractivity contribution is 9.09. The molecule has 0 saturated heterocycles. The van der Waals surface area contributed by atoms with Crippen LogP contribution in [0, 0.1) is 6.92 Å². The molecule has 0 saturated carbocycles. The molecule has 3 heteroatoms. The van der Waals surface area contributed by atoms with E-state index in [0.29, 0.717) is 12.1 Å². The van der Waals surface area contributed by atoms with E-state index in [-0.39, 0.29) is 0 Å². The summed E-state index contributed by atoms with van der Waals surface area (Å²) in [7, 11) is 0. The van der Waals surface area contributed by atoms with Gasteiger partial charge in [-0.25, -0.2) is 0 Å². The van der Waals surface area contributed by atoms with Crippen LogP contribution in [-0.2, 0) is 6.42 Å². The summed E-state index contributed by atoms with van der Waals surface area (Å²) in [6, 6.07) is 6.98. The molecule has 0 amide bonds. The van der Waals surface area contributed by atoms with Crippen LogP contribution in [0.5, 0.6) is 5.75 Å². The van der Waals surface area contributed by atoms with Crippen molar-refractivity contribution in [1.82, 2.24) is 5.32 Å². The first-order chi connectivity index (χ1) is 8.19. The van der Waals surface area contributed by atoms with E-state index in [1.807, 2.05) is 0 Å². The van der Waals surface area contributed by atoms with Crippen molar-refractivity contribution in [3.8, 4) is 5.75 Å². The van der Waals surface area contributed by atoms with Gasteiger partial charge in [0, 0.05) is 24.3 Å². The molecule has 0 aromatic heterocycles. The van der Waals surface area contributed by atoms with Crippen LogP contribution in [0.1, 0.15) is 24.5 Å². The predicted molar refractivity (Wildman–Crippen MR) is 75.2 cm³/mol. The topological polar surface area (TPSA) is 21.3 Å². The molecule has 2 unspecified atom stereocenters. The standard InChI is InChI=1S/C14H20BrNO/c1-10-3-4-14-12(7-10)8-13(17-14)9-16-11(2)5-6-15/h3-4,7,11,13,16H,5-6,8-9H2,1-2H3. The van der Waals surface area contributed by atoms with Crippen molar-refractivity contribution in [3.05, 3.63) is 29.3 Å². The average molecular weight is 298 g/mol. The zero-order chi connectivity index (χ0) is 12.3. The van der Waals surface area contributed by atoms with Gasteiger partial charge in [-0.05, 0) is 31.9 Å². The summed E-state index contributed by atoms with van der Waals surface area (Å²) in [5.74, 6) is 1.07. The summed E-state index contributed by atoms with van der Waals surface area (Å²) in [5.41, 5.74) is 2.67. The van der Waals surface area contributed by atoms with Gasteiger partial charge in [0.2, 0.25) is 0 Å². The second-order valence-corrected chi connectivity index (χ2v) is 5.64. The van der Waals surface area contributed by atoms with Gasteiger partial charge < -0.3 is 10.1 Å². The van der Waals surface area contributed by atoms with E-state index in [9.17, 15) is 0 Å². The third-order valence-electron chi connectivity index (χ3n) is 3.19. The Kier molecular flexibility index (Phi) is 4.46. The lowest BCUT2D eigenvalue weighted by atomic mass is 10.1. The second-order valence-electron chi connectivity index (χ2n) is 4.84. The molecular formula is C14H20BrNO. The van der Waals surface area contributed by atoms with Crippen molar-refractivity contribution in [3.63, 3.8) is 0 Å². The van der Waals surface area contributed by atoms with Crippen molar-refractivity contribution in [1.29, 1.82) is 0 Å². The summed E-state index contributed by atoms with van der Waals surface area (Å²) in [5, 5.41) is 4.57. The molecule has 0 spiro atoms. The quantitative estimate of drug-likeness (QED) is 0.844. The van der Waals surface area contributed by atoms with Crippen molar-refractivity contribution in [2.75, 3.05) is 11.9 Å². The van der Waals surface area contributed by atoms with Gasteiger partial charge in [0.15, 0.2) is 0 Å². The number of hydrogen-bond acceptors (Lipinski definition) is 2. The molecule has 1 heterocycles. The Hall–Kier alpha value is -0.540. The number of nitrogens with one attached hydrogen (secondary N) is 1. The van der Waals surface area contributed by atoms with E-state index in [2.05, 4.69) is 53.3 Å². The Morgan fingerprint density at radius 3 is 3.12 bits per heavy atom. The van der Waals surface area contributed by atoms with Gasteiger partial charge in [0.05, 0.1) is 0 Å². The van der Waals surface area contributed by atoms with E-state index in [1.165, 1.54) is 11.1 Å². The number of halogens is 1. The van der Waals surface area contributed by atoms with Crippen LogP contribution >= 0.6 is 15.9 Å². The fourth-order valence-corrected chi connectivity index (χ4v) is 2.85. The molecule has 17 heavy (non-hydrogen) atoms. The summed E-state index contributed by atoms with van der Waals surface area (Å²) in [6.07, 6.45) is 2.48. The number of hydrogen-bond donors (Lipinski definition) is 1. The molecular weight excluding hydrogens is 278 g/mol. The molecule has 2 nitrogen and oxygen atoms in total. The number of aryl methyl sites for hydroxylation is 1. The number of benzene rings is 1. The lowest BCUT2D eigenvalue weighted by molar-refractivity contribution is 0.222. The maximum Gasteiger partial charge on any atom is 0.123 e. The third-order valence-corrected chi connectivity index (χ3v) is 3.65. The van der Waals surface area contributed by atoms with Gasteiger partial charge in [0.1, 0.15) is 11.9 Å². The van der Waals surface area contributed by atoms with Crippen molar-refractivity contribution in [2.45, 2.75) is 38.8 Å². The predicted octanol–water partition coefficient (Wildman–Crippen LogP) is 3.06. The fraction of sp³-hybridized carbons (Fsp3) is 0.571. The Morgan fingerprint density at radius 1 is 1.53 bits per heavy atom. The highest BCUT2D eigenvalue weighted by Crippen LogP contribution is 2.29. The maximum atomic E-state index is 5.92. The van der Waals surface area contributed by atoms with Crippen LogP contribution in [0.4, 0.5) is 0 Å². The first-order valence-electron chi connectivity index (χ1n) is 6.24. The average Bonchev–Trinajstić information content (AvgIpc) is 2.68. The summed E-state index contributed by atoms with van der Waals surface area (Å²) in [4.78, 5) is 0. The van der Waals surface area contributed by atoms with Crippen molar-refractivity contribution >= 4 is 15.9 Å². The summed E-state index contributed by atoms with van der Waals surface area (Å²) < 4.78 is 5.92. The zero-order valence-electron chi connectivity index (χ0n) is 10.5. The Balaban J connectivity index is 1.84. The van der Waals surface area contributed by atoms with Gasteiger partial charge in [0.25, 0.3) is 0 Å². The van der Waals surface area contributed by atoms with Crippen LogP contribution in [0.25, 0.3) is 0 Å². The fourth-order valence-electron chi connectivity index (χ4n) is 2.16. The number of ether oxygens (including phenoxy) is 1. The van der Waals surface area contributed by atoms with Crippen molar-refractivity contribution < 1.29 is 4.74 Å². The van der Waals surface area contributed by atoms with E-state index < -0.39 is 0 Å². The molecule has 0 aliphatic carbocycles. The first-order valence-corrected chi connectivity index (χ1v) is 7.36. The second kappa shape index (κ2) is 5.87. The van der Waals surface area contributed by atoms with Crippen LogP contribution in [-0.4, -0.2) is 24.0 Å². The first kappa shape index (κ1) is 12.9. The number of alkyl halides is 1. The highest BCUT2D eigenvalue weighted by atomic mass is 79.9. The minimum Gasteiger partial charge on any atom is -0.488 e. The minimum atomic E-state index is 0.296. The van der Waals surface area contributed by atoms with Gasteiger partial charge in [-0.1, -0.05) is 33.6 Å². The Labute approximate surface area is 112 Å². The van der Waals surface area contributed by atoms with Crippen LogP contribution in [0.2, 0.25) is 0 Å². The van der Waals surface area contributed by atoms with E-state index >= 15 is 0 Å². The van der Waals surface area contributed by atoms with Crippen LogP contribution < -0.4 is 10.1 Å². The summed E-state index contributed by atoms with van der Waals surface area (Å²) in [6.45, 7) is 5.28. The van der Waals surface area contributed by atoms with E-state index in [1.54, 1.807) is 0 Å². The lowest BCUT2D eigenvalue weighted by Gasteiger charge is -2.16. The maximum absolute atomic E-state index is 5.92. The molecule has 1 aromatic carbocycles. The van der Waals surface area contributed by atoms with Gasteiger partial charge in [-0.2, -0.15) is 0 Å². The molecule has 1 aliphatic heterocycles. The molecule has 94 valence electrons. The molecule has 2 rings (SSSR count). The molecule has 1 N–H and O–H groups in total. The summed E-state index contributed by atoms with van der Waals surface area (Å²) >= 11 is 3.46. The van der Waals surface area contributed by atoms with Gasteiger partial charge in [-0.15, -0.1) is 0 Å². The lowest BCUT2D eigenvalue weighted by Crippen LogP contribution is -2.36. The zero-order valence-corrected chi connectivity index (χ0v) is 12.1. The molecule has 1 aromatic rings. The molecule has 0 fully saturated rings. The molecule has 0 radical (unpaired) electrons. The third kappa shape index (κ3) is 3.46. The molecule has 1 aliphatic rings. The Morgan fingerprint density at radius 2 is 2.35 bits per heavy atom. The largest absolute Gasteiger partial charge is 0.488 e. The highest BCUT2D eigenvalue weighted by Gasteiger charge is 2.22. The SMILES string of the molecule is Cc1ccc2c(c1)CC(CNC(C)CCBr)O2.